The fraction of sp³-hybridized carbons (Fsp3) is 0.122. The Morgan fingerprint density at radius 3 is 1.80 bits per heavy atom. The molecule has 7 aromatic rings. The van der Waals surface area contributed by atoms with Crippen LogP contribution in [0.4, 0.5) is 11.4 Å². The highest BCUT2D eigenvalue weighted by atomic mass is 16.5. The van der Waals surface area contributed by atoms with Crippen molar-refractivity contribution in [3.8, 4) is 28.4 Å². The molecule has 55 heavy (non-hydrogen) atoms. The molecular weight excluding hydrogens is 681 g/mol. The molecule has 0 amide bonds. The number of carbonyl (C=O) groups excluding carboxylic acids is 1. The van der Waals surface area contributed by atoms with Gasteiger partial charge in [0.2, 0.25) is 0 Å². The highest BCUT2D eigenvalue weighted by Gasteiger charge is 2.37. The topological polar surface area (TPSA) is 51.2 Å². The molecule has 2 aliphatic rings. The molecule has 0 N–H and O–H groups in total. The van der Waals surface area contributed by atoms with E-state index < -0.39 is 11.6 Å². The minimum absolute atomic E-state index is 0.403. The lowest BCUT2D eigenvalue weighted by Gasteiger charge is -2.38. The Hall–Kier alpha value is -6.79. The Morgan fingerprint density at radius 2 is 1.15 bits per heavy atom. The van der Waals surface area contributed by atoms with Crippen molar-refractivity contribution in [3.63, 3.8) is 0 Å². The van der Waals surface area contributed by atoms with Crippen LogP contribution in [0.2, 0.25) is 0 Å². The largest absolute Gasteiger partial charge is 0.497 e. The Balaban J connectivity index is 0.963. The number of anilines is 2. The van der Waals surface area contributed by atoms with E-state index in [1.54, 1.807) is 7.11 Å². The molecular formula is C49H40N2O4. The number of rotatable bonds is 8. The number of hydrogen-bond acceptors (Lipinski definition) is 6. The van der Waals surface area contributed by atoms with Crippen LogP contribution in [0.1, 0.15) is 27.0 Å². The van der Waals surface area contributed by atoms with Gasteiger partial charge in [-0.2, -0.15) is 0 Å². The molecule has 2 heterocycles. The molecule has 0 saturated carbocycles. The second kappa shape index (κ2) is 14.6. The Labute approximate surface area is 321 Å². The average molecular weight is 721 g/mol. The highest BCUT2D eigenvalue weighted by molar-refractivity contribution is 6.08. The molecule has 1 atom stereocenters. The van der Waals surface area contributed by atoms with Gasteiger partial charge in [0.15, 0.2) is 5.60 Å². The average Bonchev–Trinajstić information content (AvgIpc) is 3.27. The lowest BCUT2D eigenvalue weighted by Crippen LogP contribution is -2.46. The molecule has 1 fully saturated rings. The van der Waals surface area contributed by atoms with Crippen LogP contribution in [0.5, 0.6) is 17.2 Å². The van der Waals surface area contributed by atoms with Crippen LogP contribution >= 0.6 is 0 Å². The van der Waals surface area contributed by atoms with Gasteiger partial charge in [-0.1, -0.05) is 97.1 Å². The number of methoxy groups -OCH3 is 1. The zero-order valence-corrected chi connectivity index (χ0v) is 30.6. The van der Waals surface area contributed by atoms with Crippen LogP contribution in [0, 0.1) is 0 Å². The monoisotopic (exact) mass is 720 g/mol. The number of benzene rings is 7. The SMILES string of the molecule is COc1ccc(N2CCN(c3ccc(C4(c5ccccc5)C=Cc5c(ccc6c(C(=O)Oc7ccc(-c8ccccc8)cc7)cccc56)O4)cc3)CC2)cc1. The van der Waals surface area contributed by atoms with Crippen LogP contribution in [-0.2, 0) is 5.60 Å². The molecule has 0 radical (unpaired) electrons. The van der Waals surface area contributed by atoms with E-state index in [0.717, 1.165) is 76.3 Å². The van der Waals surface area contributed by atoms with Gasteiger partial charge in [0.1, 0.15) is 17.2 Å². The van der Waals surface area contributed by atoms with Gasteiger partial charge in [0.05, 0.1) is 12.7 Å². The zero-order valence-electron chi connectivity index (χ0n) is 30.6. The summed E-state index contributed by atoms with van der Waals surface area (Å²) >= 11 is 0. The fourth-order valence-corrected chi connectivity index (χ4v) is 7.81. The number of ether oxygens (including phenoxy) is 3. The predicted octanol–water partition coefficient (Wildman–Crippen LogP) is 10.4. The molecule has 0 spiro atoms. The summed E-state index contributed by atoms with van der Waals surface area (Å²) in [5.41, 5.74) is 7.25. The maximum atomic E-state index is 13.6. The van der Waals surface area contributed by atoms with Gasteiger partial charge in [-0.3, -0.25) is 0 Å². The first kappa shape index (κ1) is 34.0. The minimum Gasteiger partial charge on any atom is -0.497 e. The van der Waals surface area contributed by atoms with Crippen molar-refractivity contribution in [2.24, 2.45) is 0 Å². The second-order valence-electron chi connectivity index (χ2n) is 13.9. The van der Waals surface area contributed by atoms with Crippen molar-refractivity contribution < 1.29 is 19.0 Å². The summed E-state index contributed by atoms with van der Waals surface area (Å²) in [4.78, 5) is 18.5. The molecule has 6 heteroatoms. The van der Waals surface area contributed by atoms with Gasteiger partial charge < -0.3 is 24.0 Å². The summed E-state index contributed by atoms with van der Waals surface area (Å²) in [6, 6.07) is 54.9. The van der Waals surface area contributed by atoms with Crippen LogP contribution in [0.3, 0.4) is 0 Å². The summed E-state index contributed by atoms with van der Waals surface area (Å²) in [6.07, 6.45) is 4.28. The van der Waals surface area contributed by atoms with E-state index in [0.29, 0.717) is 11.3 Å². The van der Waals surface area contributed by atoms with Gasteiger partial charge in [-0.25, -0.2) is 4.79 Å². The Kier molecular flexibility index (Phi) is 9.00. The number of carbonyl (C=O) groups is 1. The lowest BCUT2D eigenvalue weighted by molar-refractivity contribution is 0.0736. The van der Waals surface area contributed by atoms with E-state index in [4.69, 9.17) is 14.2 Å². The maximum Gasteiger partial charge on any atom is 0.344 e. The van der Waals surface area contributed by atoms with Crippen molar-refractivity contribution in [2.75, 3.05) is 43.1 Å². The number of esters is 1. The zero-order chi connectivity index (χ0) is 37.2. The normalized spacial score (nSPS) is 16.3. The van der Waals surface area contributed by atoms with Gasteiger partial charge in [0.25, 0.3) is 0 Å². The van der Waals surface area contributed by atoms with Crippen molar-refractivity contribution in [3.05, 3.63) is 192 Å². The quantitative estimate of drug-likeness (QED) is 0.115. The van der Waals surface area contributed by atoms with Crippen molar-refractivity contribution >= 4 is 34.2 Å². The van der Waals surface area contributed by atoms with Crippen molar-refractivity contribution in [1.82, 2.24) is 0 Å². The van der Waals surface area contributed by atoms with E-state index in [9.17, 15) is 4.79 Å². The van der Waals surface area contributed by atoms with E-state index in [2.05, 4.69) is 82.6 Å². The maximum absolute atomic E-state index is 13.6. The summed E-state index contributed by atoms with van der Waals surface area (Å²) in [7, 11) is 1.70. The molecule has 6 nitrogen and oxygen atoms in total. The first-order valence-corrected chi connectivity index (χ1v) is 18.7. The van der Waals surface area contributed by atoms with E-state index >= 15 is 0 Å². The van der Waals surface area contributed by atoms with Crippen LogP contribution < -0.4 is 24.0 Å². The Bertz CT molecular complexity index is 2470. The minimum atomic E-state index is -0.837. The van der Waals surface area contributed by atoms with Gasteiger partial charge in [0, 0.05) is 54.2 Å². The predicted molar refractivity (Wildman–Crippen MR) is 222 cm³/mol. The van der Waals surface area contributed by atoms with E-state index in [-0.39, 0.29) is 0 Å². The number of nitrogens with zero attached hydrogens (tertiary/aromatic N) is 2. The smallest absolute Gasteiger partial charge is 0.344 e. The van der Waals surface area contributed by atoms with Crippen molar-refractivity contribution in [2.45, 2.75) is 5.60 Å². The third-order valence-electron chi connectivity index (χ3n) is 10.8. The molecule has 2 aliphatic heterocycles. The highest BCUT2D eigenvalue weighted by Crippen LogP contribution is 2.45. The van der Waals surface area contributed by atoms with Gasteiger partial charge in [-0.15, -0.1) is 0 Å². The summed E-state index contributed by atoms with van der Waals surface area (Å²) < 4.78 is 18.3. The standard InChI is InChI=1S/C49H40N2O4/c1-53-41-25-21-40(22-26-41)51-33-31-50(32-34-51)39-19-17-38(18-20-39)49(37-11-6-3-7-12-37)30-29-45-43-13-8-14-46(44(43)27-28-47(45)55-49)48(52)54-42-23-15-36(16-24-42)35-9-4-2-5-10-35/h2-30H,31-34H2,1H3. The van der Waals surface area contributed by atoms with Crippen molar-refractivity contribution in [1.29, 1.82) is 0 Å². The summed E-state index contributed by atoms with van der Waals surface area (Å²) in [5, 5.41) is 1.73. The van der Waals surface area contributed by atoms with Gasteiger partial charge >= 0.3 is 5.97 Å². The van der Waals surface area contributed by atoms with E-state index in [1.165, 1.54) is 11.4 Å². The third kappa shape index (κ3) is 6.57. The molecule has 0 aliphatic carbocycles. The molecule has 7 aromatic carbocycles. The first-order chi connectivity index (χ1) is 27.1. The molecule has 1 unspecified atom stereocenters. The molecule has 9 rings (SSSR count). The summed E-state index contributed by atoms with van der Waals surface area (Å²) in [5.74, 6) is 1.72. The number of piperazine rings is 1. The lowest BCUT2D eigenvalue weighted by atomic mass is 9.83. The second-order valence-corrected chi connectivity index (χ2v) is 13.9. The fourth-order valence-electron chi connectivity index (χ4n) is 7.81. The Morgan fingerprint density at radius 1 is 0.564 bits per heavy atom. The first-order valence-electron chi connectivity index (χ1n) is 18.7. The molecule has 0 bridgehead atoms. The molecule has 0 aromatic heterocycles. The molecule has 270 valence electrons. The van der Waals surface area contributed by atoms with Crippen LogP contribution in [0.15, 0.2) is 170 Å². The van der Waals surface area contributed by atoms with Crippen LogP contribution in [0.25, 0.3) is 28.0 Å². The summed E-state index contributed by atoms with van der Waals surface area (Å²) in [6.45, 7) is 3.75. The van der Waals surface area contributed by atoms with Crippen LogP contribution in [-0.4, -0.2) is 39.3 Å². The molecule has 1 saturated heterocycles. The van der Waals surface area contributed by atoms with Gasteiger partial charge in [-0.05, 0) is 101 Å². The van der Waals surface area contributed by atoms with E-state index in [1.807, 2.05) is 103 Å². The third-order valence-corrected chi connectivity index (χ3v) is 10.8. The number of hydrogen-bond donors (Lipinski definition) is 0. The number of fused-ring (bicyclic) bond motifs is 3.